The Morgan fingerprint density at radius 1 is 1.50 bits per heavy atom. The molecule has 0 spiro atoms. The zero-order valence-corrected chi connectivity index (χ0v) is 10.3. The number of H-pyrrole nitrogens is 1. The lowest BCUT2D eigenvalue weighted by Gasteiger charge is -2.18. The summed E-state index contributed by atoms with van der Waals surface area (Å²) in [5.74, 6) is -0.126. The summed E-state index contributed by atoms with van der Waals surface area (Å²) in [6.07, 6.45) is 0. The topological polar surface area (TPSA) is 83.8 Å². The lowest BCUT2D eigenvalue weighted by molar-refractivity contribution is -0.121. The largest absolute Gasteiger partial charge is 0.368 e. The van der Waals surface area contributed by atoms with Gasteiger partial charge in [-0.1, -0.05) is 13.8 Å². The maximum absolute atomic E-state index is 11.2. The van der Waals surface area contributed by atoms with Gasteiger partial charge in [-0.2, -0.15) is 5.10 Å². The first-order valence-electron chi connectivity index (χ1n) is 5.46. The van der Waals surface area contributed by atoms with E-state index in [0.29, 0.717) is 6.54 Å². The van der Waals surface area contributed by atoms with Gasteiger partial charge in [0.1, 0.15) is 0 Å². The molecule has 16 heavy (non-hydrogen) atoms. The van der Waals surface area contributed by atoms with Crippen molar-refractivity contribution in [1.82, 2.24) is 15.5 Å². The highest BCUT2D eigenvalue weighted by Gasteiger charge is 2.19. The van der Waals surface area contributed by atoms with Gasteiger partial charge in [-0.25, -0.2) is 0 Å². The SMILES string of the molecule is Cc1n[nH]c(C)c1CNC(C(N)=O)C(C)C. The average Bonchev–Trinajstić information content (AvgIpc) is 2.47. The molecule has 5 heteroatoms. The van der Waals surface area contributed by atoms with Crippen molar-refractivity contribution in [2.24, 2.45) is 11.7 Å². The van der Waals surface area contributed by atoms with E-state index >= 15 is 0 Å². The third kappa shape index (κ3) is 2.82. The van der Waals surface area contributed by atoms with Crippen molar-refractivity contribution < 1.29 is 4.79 Å². The zero-order valence-electron chi connectivity index (χ0n) is 10.3. The van der Waals surface area contributed by atoms with Crippen LogP contribution in [0.3, 0.4) is 0 Å². The molecule has 0 fully saturated rings. The number of nitrogens with zero attached hydrogens (tertiary/aromatic N) is 1. The maximum Gasteiger partial charge on any atom is 0.234 e. The van der Waals surface area contributed by atoms with Crippen molar-refractivity contribution >= 4 is 5.91 Å². The quantitative estimate of drug-likeness (QED) is 0.685. The van der Waals surface area contributed by atoms with E-state index in [0.717, 1.165) is 17.0 Å². The molecule has 0 radical (unpaired) electrons. The number of nitrogens with one attached hydrogen (secondary N) is 2. The molecule has 1 heterocycles. The number of hydrogen-bond donors (Lipinski definition) is 3. The number of nitrogens with two attached hydrogens (primary N) is 1. The predicted molar refractivity (Wildman–Crippen MR) is 62.7 cm³/mol. The second kappa shape index (κ2) is 5.12. The van der Waals surface area contributed by atoms with Crippen LogP contribution in [-0.4, -0.2) is 22.1 Å². The smallest absolute Gasteiger partial charge is 0.234 e. The molecule has 5 nitrogen and oxygen atoms in total. The van der Waals surface area contributed by atoms with Crippen molar-refractivity contribution in [1.29, 1.82) is 0 Å². The van der Waals surface area contributed by atoms with Gasteiger partial charge >= 0.3 is 0 Å². The van der Waals surface area contributed by atoms with Crippen LogP contribution in [-0.2, 0) is 11.3 Å². The fourth-order valence-corrected chi connectivity index (χ4v) is 1.71. The van der Waals surface area contributed by atoms with E-state index in [4.69, 9.17) is 5.73 Å². The van der Waals surface area contributed by atoms with E-state index in [-0.39, 0.29) is 17.9 Å². The lowest BCUT2D eigenvalue weighted by atomic mass is 10.0. The summed E-state index contributed by atoms with van der Waals surface area (Å²) in [4.78, 5) is 11.2. The van der Waals surface area contributed by atoms with E-state index in [2.05, 4.69) is 15.5 Å². The molecule has 0 saturated carbocycles. The van der Waals surface area contributed by atoms with E-state index in [9.17, 15) is 4.79 Å². The van der Waals surface area contributed by atoms with E-state index < -0.39 is 0 Å². The van der Waals surface area contributed by atoms with Crippen LogP contribution >= 0.6 is 0 Å². The number of carbonyl (C=O) groups excluding carboxylic acids is 1. The Hall–Kier alpha value is -1.36. The van der Waals surface area contributed by atoms with Gasteiger partial charge in [0.25, 0.3) is 0 Å². The standard InChI is InChI=1S/C11H20N4O/c1-6(2)10(11(12)16)13-5-9-7(3)14-15-8(9)4/h6,10,13H,5H2,1-4H3,(H2,12,16)(H,14,15). The summed E-state index contributed by atoms with van der Waals surface area (Å²) >= 11 is 0. The van der Waals surface area contributed by atoms with Crippen LogP contribution in [0, 0.1) is 19.8 Å². The molecule has 1 aromatic rings. The normalized spacial score (nSPS) is 13.1. The highest BCUT2D eigenvalue weighted by atomic mass is 16.1. The van der Waals surface area contributed by atoms with Crippen LogP contribution in [0.2, 0.25) is 0 Å². The molecular weight excluding hydrogens is 204 g/mol. The summed E-state index contributed by atoms with van der Waals surface area (Å²) in [6, 6.07) is -0.298. The summed E-state index contributed by atoms with van der Waals surface area (Å²) in [7, 11) is 0. The number of aromatic nitrogens is 2. The minimum absolute atomic E-state index is 0.185. The molecule has 0 saturated heterocycles. The monoisotopic (exact) mass is 224 g/mol. The fraction of sp³-hybridized carbons (Fsp3) is 0.636. The van der Waals surface area contributed by atoms with E-state index in [1.807, 2.05) is 27.7 Å². The maximum atomic E-state index is 11.2. The number of amides is 1. The third-order valence-electron chi connectivity index (χ3n) is 2.75. The second-order valence-electron chi connectivity index (χ2n) is 4.42. The van der Waals surface area contributed by atoms with Crippen LogP contribution in [0.5, 0.6) is 0 Å². The van der Waals surface area contributed by atoms with Crippen LogP contribution in [0.15, 0.2) is 0 Å². The van der Waals surface area contributed by atoms with Crippen LogP contribution in [0.4, 0.5) is 0 Å². The molecule has 1 amide bonds. The molecule has 1 atom stereocenters. The molecule has 90 valence electrons. The molecule has 1 rings (SSSR count). The molecule has 4 N–H and O–H groups in total. The number of aryl methyl sites for hydroxylation is 2. The van der Waals surface area contributed by atoms with Crippen molar-refractivity contribution in [2.75, 3.05) is 0 Å². The zero-order chi connectivity index (χ0) is 12.3. The Morgan fingerprint density at radius 2 is 2.12 bits per heavy atom. The van der Waals surface area contributed by atoms with Gasteiger partial charge in [0, 0.05) is 17.8 Å². The number of hydrogen-bond acceptors (Lipinski definition) is 3. The number of aromatic amines is 1. The van der Waals surface area contributed by atoms with Crippen LogP contribution in [0.25, 0.3) is 0 Å². The highest BCUT2D eigenvalue weighted by molar-refractivity contribution is 5.80. The van der Waals surface area contributed by atoms with Gasteiger partial charge in [-0.3, -0.25) is 9.89 Å². The Bertz CT molecular complexity index is 351. The second-order valence-corrected chi connectivity index (χ2v) is 4.42. The molecule has 1 unspecified atom stereocenters. The summed E-state index contributed by atoms with van der Waals surface area (Å²) in [6.45, 7) is 8.45. The molecule has 0 aliphatic rings. The summed E-state index contributed by atoms with van der Waals surface area (Å²) in [5, 5.41) is 10.2. The predicted octanol–water partition coefficient (Wildman–Crippen LogP) is 0.626. The van der Waals surface area contributed by atoms with E-state index in [1.165, 1.54) is 0 Å². The number of carbonyl (C=O) groups is 1. The van der Waals surface area contributed by atoms with Gasteiger partial charge in [-0.05, 0) is 19.8 Å². The molecule has 0 aromatic carbocycles. The summed E-state index contributed by atoms with van der Waals surface area (Å²) < 4.78 is 0. The lowest BCUT2D eigenvalue weighted by Crippen LogP contribution is -2.44. The minimum atomic E-state index is -0.311. The van der Waals surface area contributed by atoms with Crippen molar-refractivity contribution in [3.05, 3.63) is 17.0 Å². The first-order valence-corrected chi connectivity index (χ1v) is 5.46. The highest BCUT2D eigenvalue weighted by Crippen LogP contribution is 2.10. The van der Waals surface area contributed by atoms with E-state index in [1.54, 1.807) is 0 Å². The Balaban J connectivity index is 2.66. The first kappa shape index (κ1) is 12.7. The molecule has 0 aliphatic carbocycles. The summed E-state index contributed by atoms with van der Waals surface area (Å²) in [5.41, 5.74) is 8.41. The third-order valence-corrected chi connectivity index (χ3v) is 2.75. The molecule has 1 aromatic heterocycles. The molecule has 0 bridgehead atoms. The molecular formula is C11H20N4O. The number of rotatable bonds is 5. The average molecular weight is 224 g/mol. The molecule has 0 aliphatic heterocycles. The van der Waals surface area contributed by atoms with Gasteiger partial charge in [0.05, 0.1) is 11.7 Å². The van der Waals surface area contributed by atoms with Crippen molar-refractivity contribution in [3.63, 3.8) is 0 Å². The van der Waals surface area contributed by atoms with Crippen LogP contribution < -0.4 is 11.1 Å². The Kier molecular flexibility index (Phi) is 4.06. The van der Waals surface area contributed by atoms with Crippen molar-refractivity contribution in [3.8, 4) is 0 Å². The van der Waals surface area contributed by atoms with Crippen LogP contribution in [0.1, 0.15) is 30.8 Å². The van der Waals surface area contributed by atoms with Gasteiger partial charge in [0.15, 0.2) is 0 Å². The fourth-order valence-electron chi connectivity index (χ4n) is 1.71. The first-order chi connectivity index (χ1) is 7.43. The van der Waals surface area contributed by atoms with Gasteiger partial charge in [0.2, 0.25) is 5.91 Å². The van der Waals surface area contributed by atoms with Gasteiger partial charge < -0.3 is 11.1 Å². The Morgan fingerprint density at radius 3 is 2.50 bits per heavy atom. The van der Waals surface area contributed by atoms with Crippen molar-refractivity contribution in [2.45, 2.75) is 40.3 Å². The Labute approximate surface area is 95.8 Å². The van der Waals surface area contributed by atoms with Gasteiger partial charge in [-0.15, -0.1) is 0 Å². The number of primary amides is 1. The minimum Gasteiger partial charge on any atom is -0.368 e.